The maximum absolute atomic E-state index is 12.5. The molecule has 0 aromatic carbocycles. The topological polar surface area (TPSA) is 70.6 Å². The highest BCUT2D eigenvalue weighted by atomic mass is 19.4. The summed E-state index contributed by atoms with van der Waals surface area (Å²) < 4.78 is 42.8. The first-order valence-corrected chi connectivity index (χ1v) is 5.79. The molecule has 2 fully saturated rings. The first-order valence-electron chi connectivity index (χ1n) is 5.79. The molecule has 5 nitrogen and oxygen atoms in total. The van der Waals surface area contributed by atoms with Gasteiger partial charge in [0.15, 0.2) is 0 Å². The van der Waals surface area contributed by atoms with Gasteiger partial charge in [-0.3, -0.25) is 5.32 Å². The fourth-order valence-electron chi connectivity index (χ4n) is 2.51. The maximum atomic E-state index is 12.5. The standard InChI is InChI=1S/C10H15F3N2O3/c11-10(12,13)7-5-18-9(15-7)3-1-6(2-4-9)14-8(16)17/h6-7,14-15H,1-5H2,(H,16,17). The number of rotatable bonds is 1. The molecule has 1 aliphatic carbocycles. The molecular weight excluding hydrogens is 253 g/mol. The Balaban J connectivity index is 1.88. The maximum Gasteiger partial charge on any atom is 0.406 e. The fraction of sp³-hybridized carbons (Fsp3) is 0.900. The normalized spacial score (nSPS) is 36.8. The van der Waals surface area contributed by atoms with Crippen molar-refractivity contribution < 1.29 is 27.8 Å². The predicted octanol–water partition coefficient (Wildman–Crippen LogP) is 1.44. The van der Waals surface area contributed by atoms with Gasteiger partial charge in [-0.1, -0.05) is 0 Å². The predicted molar refractivity (Wildman–Crippen MR) is 55.1 cm³/mol. The van der Waals surface area contributed by atoms with Gasteiger partial charge in [0, 0.05) is 6.04 Å². The molecule has 2 rings (SSSR count). The number of carboxylic acid groups (broad SMARTS) is 1. The molecule has 8 heteroatoms. The zero-order valence-corrected chi connectivity index (χ0v) is 9.59. The molecule has 18 heavy (non-hydrogen) atoms. The van der Waals surface area contributed by atoms with E-state index < -0.39 is 24.0 Å². The lowest BCUT2D eigenvalue weighted by Gasteiger charge is -2.36. The molecule has 104 valence electrons. The van der Waals surface area contributed by atoms with Gasteiger partial charge in [0.05, 0.1) is 6.61 Å². The third-order valence-electron chi connectivity index (χ3n) is 3.48. The van der Waals surface area contributed by atoms with Gasteiger partial charge in [0.2, 0.25) is 0 Å². The van der Waals surface area contributed by atoms with Crippen LogP contribution in [0.1, 0.15) is 25.7 Å². The number of halogens is 3. The minimum Gasteiger partial charge on any atom is -0.465 e. The van der Waals surface area contributed by atoms with E-state index in [2.05, 4.69) is 10.6 Å². The molecule has 1 saturated heterocycles. The summed E-state index contributed by atoms with van der Waals surface area (Å²) in [4.78, 5) is 10.5. The summed E-state index contributed by atoms with van der Waals surface area (Å²) in [6.07, 6.45) is -3.70. The first-order chi connectivity index (χ1) is 8.31. The summed E-state index contributed by atoms with van der Waals surface area (Å²) >= 11 is 0. The van der Waals surface area contributed by atoms with E-state index in [0.29, 0.717) is 25.7 Å². The molecule has 1 aliphatic heterocycles. The van der Waals surface area contributed by atoms with Crippen molar-refractivity contribution in [2.75, 3.05) is 6.61 Å². The number of hydrogen-bond acceptors (Lipinski definition) is 3. The lowest BCUT2D eigenvalue weighted by atomic mass is 9.88. The highest BCUT2D eigenvalue weighted by Gasteiger charge is 2.51. The zero-order valence-electron chi connectivity index (χ0n) is 9.59. The van der Waals surface area contributed by atoms with E-state index in [9.17, 15) is 18.0 Å². The third kappa shape index (κ3) is 2.86. The van der Waals surface area contributed by atoms with Gasteiger partial charge < -0.3 is 15.2 Å². The van der Waals surface area contributed by atoms with E-state index in [1.807, 2.05) is 0 Å². The van der Waals surface area contributed by atoms with Crippen molar-refractivity contribution in [3.05, 3.63) is 0 Å². The molecule has 1 saturated carbocycles. The highest BCUT2D eigenvalue weighted by Crippen LogP contribution is 2.37. The summed E-state index contributed by atoms with van der Waals surface area (Å²) in [7, 11) is 0. The van der Waals surface area contributed by atoms with E-state index in [1.165, 1.54) is 0 Å². The van der Waals surface area contributed by atoms with Gasteiger partial charge in [-0.25, -0.2) is 4.79 Å². The van der Waals surface area contributed by atoms with Crippen LogP contribution in [0.2, 0.25) is 0 Å². The Labute approximate surface area is 102 Å². The Hall–Kier alpha value is -1.02. The Kier molecular flexibility index (Phi) is 3.41. The van der Waals surface area contributed by atoms with Crippen molar-refractivity contribution >= 4 is 6.09 Å². The molecular formula is C10H15F3N2O3. The number of carbonyl (C=O) groups is 1. The third-order valence-corrected chi connectivity index (χ3v) is 3.48. The second kappa shape index (κ2) is 4.58. The number of ether oxygens (including phenoxy) is 1. The van der Waals surface area contributed by atoms with Crippen LogP contribution in [0.15, 0.2) is 0 Å². The minimum atomic E-state index is -4.31. The van der Waals surface area contributed by atoms with Crippen LogP contribution >= 0.6 is 0 Å². The molecule has 1 heterocycles. The summed E-state index contributed by atoms with van der Waals surface area (Å²) in [6, 6.07) is -1.83. The van der Waals surface area contributed by atoms with E-state index in [4.69, 9.17) is 9.84 Å². The van der Waals surface area contributed by atoms with Crippen molar-refractivity contribution in [3.63, 3.8) is 0 Å². The average molecular weight is 268 g/mol. The van der Waals surface area contributed by atoms with Crippen LogP contribution < -0.4 is 10.6 Å². The van der Waals surface area contributed by atoms with Crippen LogP contribution in [0.4, 0.5) is 18.0 Å². The lowest BCUT2D eigenvalue weighted by molar-refractivity contribution is -0.152. The van der Waals surface area contributed by atoms with Crippen molar-refractivity contribution in [3.8, 4) is 0 Å². The summed E-state index contributed by atoms with van der Waals surface area (Å²) in [6.45, 7) is -0.374. The summed E-state index contributed by atoms with van der Waals surface area (Å²) in [5.41, 5.74) is -0.934. The number of hydrogen-bond donors (Lipinski definition) is 3. The average Bonchev–Trinajstić information content (AvgIpc) is 2.66. The van der Waals surface area contributed by atoms with Crippen molar-refractivity contribution in [2.24, 2.45) is 0 Å². The first kappa shape index (κ1) is 13.4. The van der Waals surface area contributed by atoms with Gasteiger partial charge in [0.25, 0.3) is 0 Å². The Morgan fingerprint density at radius 3 is 2.44 bits per heavy atom. The largest absolute Gasteiger partial charge is 0.465 e. The van der Waals surface area contributed by atoms with Crippen LogP contribution in [-0.4, -0.2) is 41.8 Å². The molecule has 0 aromatic heterocycles. The molecule has 0 radical (unpaired) electrons. The summed E-state index contributed by atoms with van der Waals surface area (Å²) in [5, 5.41) is 13.4. The molecule has 3 N–H and O–H groups in total. The van der Waals surface area contributed by atoms with Crippen LogP contribution in [0.3, 0.4) is 0 Å². The van der Waals surface area contributed by atoms with Crippen LogP contribution in [0.25, 0.3) is 0 Å². The zero-order chi connectivity index (χ0) is 13.4. The molecule has 1 atom stereocenters. The highest BCUT2D eigenvalue weighted by molar-refractivity contribution is 5.64. The van der Waals surface area contributed by atoms with Crippen LogP contribution in [0.5, 0.6) is 0 Å². The lowest BCUT2D eigenvalue weighted by Crippen LogP contribution is -2.53. The molecule has 0 aromatic rings. The molecule has 0 bridgehead atoms. The van der Waals surface area contributed by atoms with Gasteiger partial charge >= 0.3 is 12.3 Å². The van der Waals surface area contributed by atoms with E-state index in [0.717, 1.165) is 0 Å². The summed E-state index contributed by atoms with van der Waals surface area (Å²) in [5.74, 6) is 0. The Bertz CT molecular complexity index is 327. The Morgan fingerprint density at radius 1 is 1.39 bits per heavy atom. The van der Waals surface area contributed by atoms with Crippen molar-refractivity contribution in [2.45, 2.75) is 49.7 Å². The minimum absolute atomic E-state index is 0.205. The van der Waals surface area contributed by atoms with E-state index in [-0.39, 0.29) is 12.6 Å². The Morgan fingerprint density at radius 2 is 2.00 bits per heavy atom. The van der Waals surface area contributed by atoms with E-state index in [1.54, 1.807) is 0 Å². The number of alkyl halides is 3. The fourth-order valence-corrected chi connectivity index (χ4v) is 2.51. The second-order valence-corrected chi connectivity index (χ2v) is 4.77. The number of nitrogens with one attached hydrogen (secondary N) is 2. The van der Waals surface area contributed by atoms with Gasteiger partial charge in [-0.2, -0.15) is 13.2 Å². The van der Waals surface area contributed by atoms with E-state index >= 15 is 0 Å². The smallest absolute Gasteiger partial charge is 0.406 e. The molecule has 2 aliphatic rings. The van der Waals surface area contributed by atoms with Crippen LogP contribution in [0, 0.1) is 0 Å². The SMILES string of the molecule is O=C(O)NC1CCC2(CC1)NC(C(F)(F)F)CO2. The second-order valence-electron chi connectivity index (χ2n) is 4.77. The monoisotopic (exact) mass is 268 g/mol. The number of amides is 1. The van der Waals surface area contributed by atoms with Crippen molar-refractivity contribution in [1.29, 1.82) is 0 Å². The van der Waals surface area contributed by atoms with Gasteiger partial charge in [-0.05, 0) is 25.7 Å². The molecule has 1 amide bonds. The van der Waals surface area contributed by atoms with Crippen LogP contribution in [-0.2, 0) is 4.74 Å². The molecule has 1 unspecified atom stereocenters. The quantitative estimate of drug-likeness (QED) is 0.673. The van der Waals surface area contributed by atoms with Gasteiger partial charge in [0.1, 0.15) is 11.8 Å². The molecule has 1 spiro atoms. The van der Waals surface area contributed by atoms with Crippen molar-refractivity contribution in [1.82, 2.24) is 10.6 Å². The van der Waals surface area contributed by atoms with Gasteiger partial charge in [-0.15, -0.1) is 0 Å².